The first kappa shape index (κ1) is 13.1. The van der Waals surface area contributed by atoms with Crippen molar-refractivity contribution in [1.29, 1.82) is 0 Å². The van der Waals surface area contributed by atoms with Gasteiger partial charge in [0.2, 0.25) is 5.91 Å². The summed E-state index contributed by atoms with van der Waals surface area (Å²) in [4.78, 5) is 14.5. The van der Waals surface area contributed by atoms with Crippen LogP contribution in [0.4, 0.5) is 5.69 Å². The van der Waals surface area contributed by atoms with Gasteiger partial charge in [-0.2, -0.15) is 0 Å². The fourth-order valence-corrected chi connectivity index (χ4v) is 2.40. The van der Waals surface area contributed by atoms with Gasteiger partial charge in [0.15, 0.2) is 0 Å². The molecule has 1 aromatic rings. The highest BCUT2D eigenvalue weighted by atomic mass is 16.2. The highest BCUT2D eigenvalue weighted by molar-refractivity contribution is 5.95. The van der Waals surface area contributed by atoms with E-state index in [-0.39, 0.29) is 11.9 Å². The van der Waals surface area contributed by atoms with Crippen LogP contribution in [0, 0.1) is 13.8 Å². The van der Waals surface area contributed by atoms with Crippen molar-refractivity contribution in [3.8, 4) is 0 Å². The number of nitrogens with one attached hydrogen (secondary N) is 1. The number of benzene rings is 1. The Labute approximate surface area is 109 Å². The van der Waals surface area contributed by atoms with E-state index in [4.69, 9.17) is 0 Å². The van der Waals surface area contributed by atoms with Crippen molar-refractivity contribution in [2.45, 2.75) is 39.7 Å². The normalized spacial score (nSPS) is 17.7. The van der Waals surface area contributed by atoms with Crippen LogP contribution in [0.3, 0.4) is 0 Å². The summed E-state index contributed by atoms with van der Waals surface area (Å²) in [6.07, 6.45) is 2.42. The number of hydrogen-bond acceptors (Lipinski definition) is 2. The van der Waals surface area contributed by atoms with Crippen molar-refractivity contribution in [3.63, 3.8) is 0 Å². The predicted molar refractivity (Wildman–Crippen MR) is 74.8 cm³/mol. The second-order valence-corrected chi connectivity index (χ2v) is 5.23. The Morgan fingerprint density at radius 1 is 1.28 bits per heavy atom. The largest absolute Gasteiger partial charge is 0.324 e. The molecule has 0 radical (unpaired) electrons. The first-order valence-electron chi connectivity index (χ1n) is 6.70. The van der Waals surface area contributed by atoms with E-state index in [1.807, 2.05) is 32.9 Å². The molecular weight excluding hydrogens is 224 g/mol. The smallest absolute Gasteiger partial charge is 0.241 e. The van der Waals surface area contributed by atoms with Crippen molar-refractivity contribution in [1.82, 2.24) is 4.90 Å². The van der Waals surface area contributed by atoms with Crippen molar-refractivity contribution in [2.24, 2.45) is 0 Å². The molecule has 0 spiro atoms. The van der Waals surface area contributed by atoms with Gasteiger partial charge in [-0.1, -0.05) is 12.1 Å². The molecule has 2 rings (SSSR count). The van der Waals surface area contributed by atoms with E-state index < -0.39 is 0 Å². The van der Waals surface area contributed by atoms with Crippen LogP contribution in [0.5, 0.6) is 0 Å². The van der Waals surface area contributed by atoms with E-state index in [0.29, 0.717) is 0 Å². The molecule has 3 nitrogen and oxygen atoms in total. The van der Waals surface area contributed by atoms with Gasteiger partial charge in [-0.05, 0) is 63.9 Å². The molecule has 1 heterocycles. The molecule has 0 saturated carbocycles. The summed E-state index contributed by atoms with van der Waals surface area (Å²) in [5.41, 5.74) is 3.22. The molecule has 1 fully saturated rings. The van der Waals surface area contributed by atoms with E-state index in [0.717, 1.165) is 24.3 Å². The number of anilines is 1. The minimum Gasteiger partial charge on any atom is -0.324 e. The minimum atomic E-state index is -0.0348. The zero-order valence-electron chi connectivity index (χ0n) is 11.5. The van der Waals surface area contributed by atoms with Crippen LogP contribution >= 0.6 is 0 Å². The zero-order valence-corrected chi connectivity index (χ0v) is 11.5. The Hall–Kier alpha value is -1.35. The monoisotopic (exact) mass is 246 g/mol. The van der Waals surface area contributed by atoms with Crippen LogP contribution in [0.15, 0.2) is 18.2 Å². The summed E-state index contributed by atoms with van der Waals surface area (Å²) in [6, 6.07) is 6.11. The molecule has 98 valence electrons. The average molecular weight is 246 g/mol. The van der Waals surface area contributed by atoms with Crippen LogP contribution in [0.2, 0.25) is 0 Å². The number of hydrogen-bond donors (Lipinski definition) is 1. The van der Waals surface area contributed by atoms with Crippen molar-refractivity contribution in [3.05, 3.63) is 29.3 Å². The molecule has 18 heavy (non-hydrogen) atoms. The molecule has 1 saturated heterocycles. The van der Waals surface area contributed by atoms with Gasteiger partial charge >= 0.3 is 0 Å². The first-order chi connectivity index (χ1) is 8.58. The van der Waals surface area contributed by atoms with E-state index in [9.17, 15) is 4.79 Å². The lowest BCUT2D eigenvalue weighted by atomic mass is 10.1. The molecule has 1 atom stereocenters. The summed E-state index contributed by atoms with van der Waals surface area (Å²) < 4.78 is 0. The fraction of sp³-hybridized carbons (Fsp3) is 0.533. The maximum atomic E-state index is 12.2. The van der Waals surface area contributed by atoms with Crippen LogP contribution in [-0.2, 0) is 4.79 Å². The Balaban J connectivity index is 2.03. The van der Waals surface area contributed by atoms with Crippen LogP contribution in [-0.4, -0.2) is 29.9 Å². The number of aryl methyl sites for hydroxylation is 2. The molecule has 1 aliphatic heterocycles. The quantitative estimate of drug-likeness (QED) is 0.889. The third-order valence-electron chi connectivity index (χ3n) is 3.72. The Bertz CT molecular complexity index is 436. The average Bonchev–Trinajstić information content (AvgIpc) is 2.86. The van der Waals surface area contributed by atoms with Gasteiger partial charge in [-0.3, -0.25) is 9.69 Å². The third kappa shape index (κ3) is 2.91. The second-order valence-electron chi connectivity index (χ2n) is 5.23. The Morgan fingerprint density at radius 2 is 1.94 bits per heavy atom. The van der Waals surface area contributed by atoms with Gasteiger partial charge in [0.25, 0.3) is 0 Å². The number of rotatable bonds is 3. The number of likely N-dealkylation sites (tertiary alicyclic amines) is 1. The fourth-order valence-electron chi connectivity index (χ4n) is 2.40. The molecular formula is C15H22N2O. The number of amides is 1. The number of nitrogens with zero attached hydrogens (tertiary/aromatic N) is 1. The lowest BCUT2D eigenvalue weighted by Gasteiger charge is -2.23. The Kier molecular flexibility index (Phi) is 4.02. The van der Waals surface area contributed by atoms with E-state index in [2.05, 4.69) is 16.3 Å². The third-order valence-corrected chi connectivity index (χ3v) is 3.72. The van der Waals surface area contributed by atoms with Gasteiger partial charge in [-0.25, -0.2) is 0 Å². The molecule has 1 aliphatic rings. The maximum absolute atomic E-state index is 12.2. The van der Waals surface area contributed by atoms with Crippen molar-refractivity contribution in [2.75, 3.05) is 18.4 Å². The van der Waals surface area contributed by atoms with E-state index in [1.165, 1.54) is 18.4 Å². The summed E-state index contributed by atoms with van der Waals surface area (Å²) in [5, 5.41) is 3.05. The first-order valence-corrected chi connectivity index (χ1v) is 6.70. The maximum Gasteiger partial charge on any atom is 0.241 e. The molecule has 0 aliphatic carbocycles. The van der Waals surface area contributed by atoms with Crippen molar-refractivity contribution >= 4 is 11.6 Å². The minimum absolute atomic E-state index is 0.0348. The van der Waals surface area contributed by atoms with Crippen LogP contribution in [0.1, 0.15) is 30.9 Å². The number of carbonyl (C=O) groups excluding carboxylic acids is 1. The molecule has 3 heteroatoms. The van der Waals surface area contributed by atoms with Gasteiger partial charge in [-0.15, -0.1) is 0 Å². The second kappa shape index (κ2) is 5.53. The highest BCUT2D eigenvalue weighted by Crippen LogP contribution is 2.18. The summed E-state index contributed by atoms with van der Waals surface area (Å²) in [5.74, 6) is 0.102. The number of carbonyl (C=O) groups is 1. The molecule has 1 aromatic carbocycles. The Morgan fingerprint density at radius 3 is 2.61 bits per heavy atom. The standard InChI is InChI=1S/C15H22N2O/c1-11-6-7-12(2)14(10-11)16-15(18)13(3)17-8-4-5-9-17/h6-7,10,13H,4-5,8-9H2,1-3H3,(H,16,18)/t13-/m0/s1. The summed E-state index contributed by atoms with van der Waals surface area (Å²) >= 11 is 0. The van der Waals surface area contributed by atoms with E-state index in [1.54, 1.807) is 0 Å². The summed E-state index contributed by atoms with van der Waals surface area (Å²) in [7, 11) is 0. The van der Waals surface area contributed by atoms with Gasteiger partial charge in [0.1, 0.15) is 0 Å². The van der Waals surface area contributed by atoms with E-state index >= 15 is 0 Å². The molecule has 0 unspecified atom stereocenters. The summed E-state index contributed by atoms with van der Waals surface area (Å²) in [6.45, 7) is 8.14. The lowest BCUT2D eigenvalue weighted by Crippen LogP contribution is -2.40. The lowest BCUT2D eigenvalue weighted by molar-refractivity contribution is -0.120. The van der Waals surface area contributed by atoms with Gasteiger partial charge < -0.3 is 5.32 Å². The van der Waals surface area contributed by atoms with Crippen molar-refractivity contribution < 1.29 is 4.79 Å². The zero-order chi connectivity index (χ0) is 13.1. The molecule has 1 amide bonds. The molecule has 0 aromatic heterocycles. The predicted octanol–water partition coefficient (Wildman–Crippen LogP) is 2.73. The molecule has 1 N–H and O–H groups in total. The molecule has 0 bridgehead atoms. The van der Waals surface area contributed by atoms with Gasteiger partial charge in [0.05, 0.1) is 6.04 Å². The topological polar surface area (TPSA) is 32.3 Å². The SMILES string of the molecule is Cc1ccc(C)c(NC(=O)[C@H](C)N2CCCC2)c1. The highest BCUT2D eigenvalue weighted by Gasteiger charge is 2.24. The van der Waals surface area contributed by atoms with Crippen LogP contribution in [0.25, 0.3) is 0 Å². The van der Waals surface area contributed by atoms with Gasteiger partial charge in [0, 0.05) is 5.69 Å². The van der Waals surface area contributed by atoms with Crippen LogP contribution < -0.4 is 5.32 Å².